The van der Waals surface area contributed by atoms with E-state index in [1.165, 1.54) is 6.07 Å². The summed E-state index contributed by atoms with van der Waals surface area (Å²) in [6.07, 6.45) is 4.29. The summed E-state index contributed by atoms with van der Waals surface area (Å²) in [5.41, 5.74) is 2.52. The maximum atomic E-state index is 13.8. The molecule has 21 heteroatoms. The maximum absolute atomic E-state index is 13.8. The van der Waals surface area contributed by atoms with E-state index in [1.807, 2.05) is 57.7 Å². The number of phenolic OH excluding ortho intramolecular Hbond substituents is 2. The molecule has 2 aliphatic rings. The highest BCUT2D eigenvalue weighted by atomic mass is 16.4. The zero-order chi connectivity index (χ0) is 49.5. The van der Waals surface area contributed by atoms with Gasteiger partial charge in [0.05, 0.1) is 31.7 Å². The SMILES string of the molecule is CC(=O)N1CCC(Cc2ccc(-n3c(C(=O)NCCNC(=O)CN4CCN(CC=O)CCN(CC=O)CCN(CC(=O)O)CC4)nnc3-c3cc(C(C)C)c(O)cc3O)cc2)CC1.CO.CO. The molecular weight excluding hydrogens is 869 g/mol. The van der Waals surface area contributed by atoms with Crippen LogP contribution < -0.4 is 10.6 Å². The average molecular weight is 939 g/mol. The predicted octanol–water partition coefficient (Wildman–Crippen LogP) is 0.0369. The summed E-state index contributed by atoms with van der Waals surface area (Å²) >= 11 is 0. The minimum atomic E-state index is -0.978. The van der Waals surface area contributed by atoms with Crippen LogP contribution in [0.25, 0.3) is 17.1 Å². The summed E-state index contributed by atoms with van der Waals surface area (Å²) in [5.74, 6) is -1.60. The fourth-order valence-electron chi connectivity index (χ4n) is 8.03. The molecule has 0 bridgehead atoms. The van der Waals surface area contributed by atoms with Gasteiger partial charge in [-0.2, -0.15) is 0 Å². The lowest BCUT2D eigenvalue weighted by atomic mass is 9.90. The number of aromatic hydroxyl groups is 2. The number of aliphatic hydroxyl groups is 2. The standard InChI is InChI=1S/C44H62N10O9.2CH4O/c1-31(2)36-27-37(39(59)28-38(36)58)42-47-48-43(54(42)35-6-4-33(5-7-35)26-34-8-12-53(13-9-34)32(3)57)44(63)46-11-10-45-40(60)29-51-18-16-49(22-24-55)14-15-50(23-25-56)17-19-52(21-20-51)30-41(61)62;2*1-2/h4-7,24-25,27-28,31,34,58-59H,8-23,26,29-30H2,1-3H3,(H,45,60)(H,46,63)(H,61,62);2*2H,1H3. The normalized spacial score (nSPS) is 16.0. The van der Waals surface area contributed by atoms with E-state index in [9.17, 15) is 44.1 Å². The fourth-order valence-corrected chi connectivity index (χ4v) is 8.03. The Hall–Kier alpha value is -5.84. The highest BCUT2D eigenvalue weighted by Gasteiger charge is 2.26. The van der Waals surface area contributed by atoms with E-state index in [0.717, 1.165) is 64.7 Å². The number of phenols is 2. The number of hydrogen-bond acceptors (Lipinski definition) is 16. The van der Waals surface area contributed by atoms with Gasteiger partial charge in [-0.1, -0.05) is 26.0 Å². The van der Waals surface area contributed by atoms with Crippen molar-refractivity contribution in [2.45, 2.75) is 46.0 Å². The van der Waals surface area contributed by atoms with Crippen molar-refractivity contribution < 1.29 is 54.3 Å². The van der Waals surface area contributed by atoms with E-state index in [1.54, 1.807) is 22.5 Å². The predicted molar refractivity (Wildman–Crippen MR) is 250 cm³/mol. The van der Waals surface area contributed by atoms with Crippen molar-refractivity contribution in [2.75, 3.05) is 119 Å². The lowest BCUT2D eigenvalue weighted by Crippen LogP contribution is -2.49. The van der Waals surface area contributed by atoms with Crippen LogP contribution >= 0.6 is 0 Å². The molecular formula is C46H70N10O11. The molecule has 3 heterocycles. The van der Waals surface area contributed by atoms with Crippen molar-refractivity contribution in [3.63, 3.8) is 0 Å². The van der Waals surface area contributed by atoms with Crippen molar-refractivity contribution in [3.05, 3.63) is 53.3 Å². The summed E-state index contributed by atoms with van der Waals surface area (Å²) in [6.45, 7) is 10.8. The molecule has 370 valence electrons. The molecule has 2 fully saturated rings. The maximum Gasteiger partial charge on any atom is 0.317 e. The minimum absolute atomic E-state index is 0.000823. The molecule has 3 amide bonds. The summed E-state index contributed by atoms with van der Waals surface area (Å²) in [6, 6.07) is 10.6. The number of carbonyl (C=O) groups excluding carboxylic acids is 5. The molecule has 21 nitrogen and oxygen atoms in total. The van der Waals surface area contributed by atoms with Crippen molar-refractivity contribution in [1.29, 1.82) is 0 Å². The van der Waals surface area contributed by atoms with Gasteiger partial charge in [-0.3, -0.25) is 43.3 Å². The number of piperidine rings is 1. The quantitative estimate of drug-likeness (QED) is 0.0695. The van der Waals surface area contributed by atoms with E-state index < -0.39 is 11.9 Å². The van der Waals surface area contributed by atoms with Gasteiger partial charge in [0.2, 0.25) is 17.6 Å². The van der Waals surface area contributed by atoms with Gasteiger partial charge in [0.25, 0.3) is 5.91 Å². The number of benzene rings is 2. The van der Waals surface area contributed by atoms with Gasteiger partial charge in [-0.05, 0) is 60.4 Å². The summed E-state index contributed by atoms with van der Waals surface area (Å²) in [4.78, 5) is 82.6. The monoisotopic (exact) mass is 939 g/mol. The smallest absolute Gasteiger partial charge is 0.317 e. The summed E-state index contributed by atoms with van der Waals surface area (Å²) in [5, 5.41) is 59.4. The highest BCUT2D eigenvalue weighted by Crippen LogP contribution is 2.38. The van der Waals surface area contributed by atoms with E-state index in [4.69, 9.17) is 10.2 Å². The van der Waals surface area contributed by atoms with Crippen LogP contribution in [0.5, 0.6) is 11.5 Å². The number of likely N-dealkylation sites (tertiary alicyclic amines) is 1. The van der Waals surface area contributed by atoms with Crippen LogP contribution in [0.1, 0.15) is 61.3 Å². The van der Waals surface area contributed by atoms with E-state index in [0.29, 0.717) is 69.5 Å². The summed E-state index contributed by atoms with van der Waals surface area (Å²) < 4.78 is 1.55. The number of nitrogens with zero attached hydrogens (tertiary/aromatic N) is 8. The lowest BCUT2D eigenvalue weighted by molar-refractivity contribution is -0.138. The van der Waals surface area contributed by atoms with Crippen molar-refractivity contribution in [2.24, 2.45) is 5.92 Å². The first-order valence-electron chi connectivity index (χ1n) is 22.6. The molecule has 0 aliphatic carbocycles. The third-order valence-electron chi connectivity index (χ3n) is 11.7. The third-order valence-corrected chi connectivity index (χ3v) is 11.7. The molecule has 0 unspecified atom stereocenters. The second kappa shape index (κ2) is 29.0. The van der Waals surface area contributed by atoms with Crippen LogP contribution in [-0.2, 0) is 30.4 Å². The molecule has 3 aromatic rings. The molecule has 0 spiro atoms. The van der Waals surface area contributed by atoms with Crippen LogP contribution in [-0.4, -0.2) is 220 Å². The van der Waals surface area contributed by atoms with Gasteiger partial charge < -0.3 is 50.7 Å². The number of aldehydes is 2. The second-order valence-electron chi connectivity index (χ2n) is 16.6. The first kappa shape index (κ1) is 55.5. The number of carboxylic acids is 1. The number of rotatable bonds is 17. The Kier molecular flexibility index (Phi) is 24.0. The Balaban J connectivity index is 0.00000289. The number of aliphatic carboxylic acids is 1. The molecule has 2 aromatic carbocycles. The Morgan fingerprint density at radius 1 is 0.716 bits per heavy atom. The number of aromatic nitrogens is 3. The topological polar surface area (TPSA) is 275 Å². The number of hydrogen-bond donors (Lipinski definition) is 7. The van der Waals surface area contributed by atoms with Crippen LogP contribution in [0.15, 0.2) is 36.4 Å². The van der Waals surface area contributed by atoms with Gasteiger partial charge in [0.15, 0.2) is 5.82 Å². The first-order valence-corrected chi connectivity index (χ1v) is 22.6. The molecule has 2 saturated heterocycles. The molecule has 67 heavy (non-hydrogen) atoms. The highest BCUT2D eigenvalue weighted by molar-refractivity contribution is 5.92. The molecule has 0 atom stereocenters. The van der Waals surface area contributed by atoms with Crippen LogP contribution in [0.2, 0.25) is 0 Å². The fraction of sp³-hybridized carbons (Fsp3) is 0.565. The Morgan fingerprint density at radius 3 is 1.75 bits per heavy atom. The van der Waals surface area contributed by atoms with Crippen LogP contribution in [0.3, 0.4) is 0 Å². The number of amides is 3. The van der Waals surface area contributed by atoms with Gasteiger partial charge >= 0.3 is 5.97 Å². The molecule has 0 saturated carbocycles. The Morgan fingerprint density at radius 2 is 1.24 bits per heavy atom. The van der Waals surface area contributed by atoms with Crippen molar-refractivity contribution >= 4 is 36.3 Å². The van der Waals surface area contributed by atoms with E-state index >= 15 is 0 Å². The van der Waals surface area contributed by atoms with Crippen molar-refractivity contribution in [1.82, 2.24) is 49.9 Å². The lowest BCUT2D eigenvalue weighted by Gasteiger charge is -2.32. The molecule has 5 rings (SSSR count). The van der Waals surface area contributed by atoms with Crippen LogP contribution in [0, 0.1) is 5.92 Å². The average Bonchev–Trinajstić information content (AvgIpc) is 3.75. The van der Waals surface area contributed by atoms with E-state index in [-0.39, 0.29) is 85.7 Å². The Labute approximate surface area is 392 Å². The zero-order valence-corrected chi connectivity index (χ0v) is 39.5. The molecule has 1 aromatic heterocycles. The number of nitrogens with one attached hydrogen (secondary N) is 2. The van der Waals surface area contributed by atoms with Crippen molar-refractivity contribution in [3.8, 4) is 28.6 Å². The number of carboxylic acid groups (broad SMARTS) is 1. The van der Waals surface area contributed by atoms with Gasteiger partial charge in [-0.25, -0.2) is 0 Å². The molecule has 7 N–H and O–H groups in total. The molecule has 2 aliphatic heterocycles. The largest absolute Gasteiger partial charge is 0.508 e. The Bertz CT molecular complexity index is 2040. The van der Waals surface area contributed by atoms with Gasteiger partial charge in [0, 0.05) is 111 Å². The van der Waals surface area contributed by atoms with Crippen LogP contribution in [0.4, 0.5) is 0 Å². The van der Waals surface area contributed by atoms with Gasteiger partial charge in [0.1, 0.15) is 24.1 Å². The van der Waals surface area contributed by atoms with E-state index in [2.05, 4.69) is 20.8 Å². The first-order chi connectivity index (χ1) is 32.3. The zero-order valence-electron chi connectivity index (χ0n) is 39.5. The second-order valence-corrected chi connectivity index (χ2v) is 16.6. The summed E-state index contributed by atoms with van der Waals surface area (Å²) in [7, 11) is 2.00. The van der Waals surface area contributed by atoms with Gasteiger partial charge in [-0.15, -0.1) is 10.2 Å². The molecule has 0 radical (unpaired) electrons. The minimum Gasteiger partial charge on any atom is -0.508 e. The number of aliphatic hydroxyl groups excluding tert-OH is 2. The third kappa shape index (κ3) is 17.4. The number of carbonyl (C=O) groups is 6.